The summed E-state index contributed by atoms with van der Waals surface area (Å²) in [6.45, 7) is 1.81. The van der Waals surface area contributed by atoms with E-state index in [0.717, 1.165) is 12.8 Å². The molecule has 0 saturated heterocycles. The van der Waals surface area contributed by atoms with Crippen LogP contribution in [0.5, 0.6) is 0 Å². The van der Waals surface area contributed by atoms with Crippen LogP contribution in [-0.4, -0.2) is 18.0 Å². The third-order valence-electron chi connectivity index (χ3n) is 2.96. The third-order valence-corrected chi connectivity index (χ3v) is 2.96. The van der Waals surface area contributed by atoms with Gasteiger partial charge in [-0.2, -0.15) is 0 Å². The molecule has 0 saturated carbocycles. The van der Waals surface area contributed by atoms with Crippen LogP contribution >= 0.6 is 12.4 Å². The SMILES string of the molecule is CC(NC1Cc2ccccc2C1)C(N)=O.Cl. The van der Waals surface area contributed by atoms with Crippen LogP contribution in [0.1, 0.15) is 18.1 Å². The third kappa shape index (κ3) is 2.74. The predicted molar refractivity (Wildman–Crippen MR) is 66.7 cm³/mol. The van der Waals surface area contributed by atoms with Crippen molar-refractivity contribution in [3.63, 3.8) is 0 Å². The number of hydrogen-bond acceptors (Lipinski definition) is 2. The average Bonchev–Trinajstić information content (AvgIpc) is 2.59. The molecule has 1 amide bonds. The molecule has 1 unspecified atom stereocenters. The Kier molecular flexibility index (Phi) is 4.33. The molecule has 0 heterocycles. The number of carbonyl (C=O) groups excluding carboxylic acids is 1. The highest BCUT2D eigenvalue weighted by Gasteiger charge is 2.23. The Balaban J connectivity index is 0.00000128. The Morgan fingerprint density at radius 1 is 1.38 bits per heavy atom. The maximum Gasteiger partial charge on any atom is 0.234 e. The van der Waals surface area contributed by atoms with Gasteiger partial charge in [-0.05, 0) is 30.9 Å². The molecule has 1 aromatic rings. The molecule has 3 N–H and O–H groups in total. The Morgan fingerprint density at radius 3 is 2.31 bits per heavy atom. The van der Waals surface area contributed by atoms with E-state index in [1.807, 2.05) is 6.92 Å². The van der Waals surface area contributed by atoms with E-state index < -0.39 is 0 Å². The Morgan fingerprint density at radius 2 is 1.88 bits per heavy atom. The maximum atomic E-state index is 10.9. The number of hydrogen-bond donors (Lipinski definition) is 2. The lowest BCUT2D eigenvalue weighted by molar-refractivity contribution is -0.119. The summed E-state index contributed by atoms with van der Waals surface area (Å²) in [5, 5.41) is 3.25. The van der Waals surface area contributed by atoms with Crippen LogP contribution in [-0.2, 0) is 17.6 Å². The standard InChI is InChI=1S/C12H16N2O.ClH/c1-8(12(13)15)14-11-6-9-4-2-3-5-10(9)7-11;/h2-5,8,11,14H,6-7H2,1H3,(H2,13,15);1H. The van der Waals surface area contributed by atoms with Crippen molar-refractivity contribution in [3.05, 3.63) is 35.4 Å². The molecule has 16 heavy (non-hydrogen) atoms. The van der Waals surface area contributed by atoms with E-state index >= 15 is 0 Å². The fraction of sp³-hybridized carbons (Fsp3) is 0.417. The first-order chi connectivity index (χ1) is 7.16. The van der Waals surface area contributed by atoms with Gasteiger partial charge in [0.25, 0.3) is 0 Å². The number of nitrogens with two attached hydrogens (primary N) is 1. The van der Waals surface area contributed by atoms with Gasteiger partial charge in [-0.1, -0.05) is 24.3 Å². The molecule has 0 bridgehead atoms. The second-order valence-electron chi connectivity index (χ2n) is 4.16. The fourth-order valence-electron chi connectivity index (χ4n) is 2.11. The van der Waals surface area contributed by atoms with E-state index in [0.29, 0.717) is 6.04 Å². The second kappa shape index (κ2) is 5.32. The molecule has 0 radical (unpaired) electrons. The monoisotopic (exact) mass is 240 g/mol. The molecule has 0 spiro atoms. The number of carbonyl (C=O) groups is 1. The molecule has 2 rings (SSSR count). The van der Waals surface area contributed by atoms with Crippen molar-refractivity contribution in [1.82, 2.24) is 5.32 Å². The van der Waals surface area contributed by atoms with Gasteiger partial charge in [0.05, 0.1) is 6.04 Å². The predicted octanol–water partition coefficient (Wildman–Crippen LogP) is 1.04. The molecule has 0 aromatic heterocycles. The lowest BCUT2D eigenvalue weighted by atomic mass is 10.1. The normalized spacial score (nSPS) is 16.3. The molecule has 0 aliphatic heterocycles. The summed E-state index contributed by atoms with van der Waals surface area (Å²) in [7, 11) is 0. The summed E-state index contributed by atoms with van der Waals surface area (Å²) in [5.41, 5.74) is 7.98. The van der Waals surface area contributed by atoms with Crippen molar-refractivity contribution < 1.29 is 4.79 Å². The number of primary amides is 1. The number of benzene rings is 1. The van der Waals surface area contributed by atoms with Crippen molar-refractivity contribution in [3.8, 4) is 0 Å². The summed E-state index contributed by atoms with van der Waals surface area (Å²) in [5.74, 6) is -0.286. The van der Waals surface area contributed by atoms with Crippen LogP contribution in [0.15, 0.2) is 24.3 Å². The Labute approximate surface area is 102 Å². The largest absolute Gasteiger partial charge is 0.368 e. The van der Waals surface area contributed by atoms with E-state index in [1.165, 1.54) is 11.1 Å². The van der Waals surface area contributed by atoms with Crippen LogP contribution in [0.3, 0.4) is 0 Å². The van der Waals surface area contributed by atoms with E-state index in [2.05, 4.69) is 29.6 Å². The number of fused-ring (bicyclic) bond motifs is 1. The van der Waals surface area contributed by atoms with Gasteiger partial charge in [-0.3, -0.25) is 4.79 Å². The molecule has 88 valence electrons. The topological polar surface area (TPSA) is 55.1 Å². The molecule has 1 aromatic carbocycles. The molecular formula is C12H17ClN2O. The van der Waals surface area contributed by atoms with Crippen molar-refractivity contribution in [2.24, 2.45) is 5.73 Å². The molecule has 1 atom stereocenters. The van der Waals surface area contributed by atoms with E-state index in [4.69, 9.17) is 5.73 Å². The average molecular weight is 241 g/mol. The van der Waals surface area contributed by atoms with Crippen LogP contribution in [0.4, 0.5) is 0 Å². The van der Waals surface area contributed by atoms with Crippen molar-refractivity contribution >= 4 is 18.3 Å². The van der Waals surface area contributed by atoms with Gasteiger partial charge >= 0.3 is 0 Å². The molecule has 1 aliphatic carbocycles. The first-order valence-electron chi connectivity index (χ1n) is 5.29. The summed E-state index contributed by atoms with van der Waals surface area (Å²) in [6.07, 6.45) is 1.99. The highest BCUT2D eigenvalue weighted by Crippen LogP contribution is 2.21. The first-order valence-corrected chi connectivity index (χ1v) is 5.29. The van der Waals surface area contributed by atoms with Crippen molar-refractivity contribution in [1.29, 1.82) is 0 Å². The highest BCUT2D eigenvalue weighted by molar-refractivity contribution is 5.85. The smallest absolute Gasteiger partial charge is 0.234 e. The van der Waals surface area contributed by atoms with Crippen molar-refractivity contribution in [2.45, 2.75) is 31.8 Å². The minimum Gasteiger partial charge on any atom is -0.368 e. The summed E-state index contributed by atoms with van der Waals surface area (Å²) in [6, 6.07) is 8.50. The second-order valence-corrected chi connectivity index (χ2v) is 4.16. The molecule has 3 nitrogen and oxygen atoms in total. The van der Waals surface area contributed by atoms with E-state index in [-0.39, 0.29) is 24.4 Å². The van der Waals surface area contributed by atoms with Gasteiger partial charge < -0.3 is 11.1 Å². The zero-order valence-electron chi connectivity index (χ0n) is 9.27. The molecular weight excluding hydrogens is 224 g/mol. The van der Waals surface area contributed by atoms with Gasteiger partial charge in [0.2, 0.25) is 5.91 Å². The van der Waals surface area contributed by atoms with Crippen LogP contribution in [0.2, 0.25) is 0 Å². The minimum absolute atomic E-state index is 0. The Hall–Kier alpha value is -1.06. The van der Waals surface area contributed by atoms with Crippen molar-refractivity contribution in [2.75, 3.05) is 0 Å². The van der Waals surface area contributed by atoms with Crippen LogP contribution < -0.4 is 11.1 Å². The van der Waals surface area contributed by atoms with Gasteiger partial charge in [-0.25, -0.2) is 0 Å². The van der Waals surface area contributed by atoms with Gasteiger partial charge in [0.1, 0.15) is 0 Å². The summed E-state index contributed by atoms with van der Waals surface area (Å²) >= 11 is 0. The van der Waals surface area contributed by atoms with Gasteiger partial charge in [-0.15, -0.1) is 12.4 Å². The summed E-state index contributed by atoms with van der Waals surface area (Å²) < 4.78 is 0. The molecule has 1 aliphatic rings. The zero-order valence-corrected chi connectivity index (χ0v) is 10.1. The van der Waals surface area contributed by atoms with E-state index in [1.54, 1.807) is 0 Å². The molecule has 0 fully saturated rings. The quantitative estimate of drug-likeness (QED) is 0.830. The number of rotatable bonds is 3. The maximum absolute atomic E-state index is 10.9. The Bertz CT molecular complexity index is 356. The number of halogens is 1. The molecule has 4 heteroatoms. The van der Waals surface area contributed by atoms with Gasteiger partial charge in [0, 0.05) is 6.04 Å². The highest BCUT2D eigenvalue weighted by atomic mass is 35.5. The lowest BCUT2D eigenvalue weighted by Crippen LogP contribution is -2.44. The summed E-state index contributed by atoms with van der Waals surface area (Å²) in [4.78, 5) is 10.9. The minimum atomic E-state index is -0.286. The number of amides is 1. The fourth-order valence-corrected chi connectivity index (χ4v) is 2.11. The van der Waals surface area contributed by atoms with Crippen LogP contribution in [0, 0.1) is 0 Å². The lowest BCUT2D eigenvalue weighted by Gasteiger charge is -2.16. The zero-order chi connectivity index (χ0) is 10.8. The van der Waals surface area contributed by atoms with E-state index in [9.17, 15) is 4.79 Å². The van der Waals surface area contributed by atoms with Crippen LogP contribution in [0.25, 0.3) is 0 Å². The van der Waals surface area contributed by atoms with Gasteiger partial charge in [0.15, 0.2) is 0 Å². The number of nitrogens with one attached hydrogen (secondary N) is 1. The first kappa shape index (κ1) is 13.0.